The number of unbranched alkanes of at least 4 members (excludes halogenated alkanes) is 3. The van der Waals surface area contributed by atoms with Gasteiger partial charge in [0.25, 0.3) is 0 Å². The minimum Gasteiger partial charge on any atom is -0.493 e. The van der Waals surface area contributed by atoms with Crippen molar-refractivity contribution in [3.63, 3.8) is 0 Å². The van der Waals surface area contributed by atoms with Gasteiger partial charge >= 0.3 is 0 Å². The Bertz CT molecular complexity index is 508. The highest BCUT2D eigenvalue weighted by molar-refractivity contribution is 8.13. The molecule has 1 rings (SSSR count). The van der Waals surface area contributed by atoms with Gasteiger partial charge in [0.05, 0.1) is 26.6 Å². The van der Waals surface area contributed by atoms with Gasteiger partial charge in [0.15, 0.2) is 11.5 Å². The lowest BCUT2D eigenvalue weighted by Gasteiger charge is -2.13. The largest absolute Gasteiger partial charge is 0.493 e. The molecule has 0 saturated carbocycles. The number of ether oxygens (including phenoxy) is 3. The first-order valence-corrected chi connectivity index (χ1v) is 9.22. The third-order valence-electron chi connectivity index (χ3n) is 2.91. The average molecular weight is 337 g/mol. The molecule has 0 amide bonds. The lowest BCUT2D eigenvalue weighted by atomic mass is 10.2. The molecule has 0 radical (unpaired) electrons. The van der Waals surface area contributed by atoms with Crippen molar-refractivity contribution in [2.45, 2.75) is 25.7 Å². The van der Waals surface area contributed by atoms with E-state index in [1.54, 1.807) is 14.2 Å². The van der Waals surface area contributed by atoms with Crippen LogP contribution in [0.5, 0.6) is 17.2 Å². The van der Waals surface area contributed by atoms with Crippen LogP contribution in [0.25, 0.3) is 0 Å². The van der Waals surface area contributed by atoms with E-state index in [-0.39, 0.29) is 5.75 Å². The van der Waals surface area contributed by atoms with Gasteiger partial charge in [0.1, 0.15) is 0 Å². The maximum Gasteiger partial charge on any atom is 0.232 e. The quantitative estimate of drug-likeness (QED) is 0.485. The van der Waals surface area contributed by atoms with Gasteiger partial charge in [-0.05, 0) is 25.0 Å². The molecule has 0 N–H and O–H groups in total. The minimum atomic E-state index is -3.37. The van der Waals surface area contributed by atoms with Crippen molar-refractivity contribution in [3.05, 3.63) is 18.2 Å². The Morgan fingerprint density at radius 3 is 2.10 bits per heavy atom. The molecular weight excluding hydrogens is 316 g/mol. The Labute approximate surface area is 130 Å². The van der Waals surface area contributed by atoms with E-state index in [0.717, 1.165) is 19.3 Å². The van der Waals surface area contributed by atoms with Crippen molar-refractivity contribution >= 4 is 19.7 Å². The van der Waals surface area contributed by atoms with Crippen LogP contribution in [0, 0.1) is 0 Å². The van der Waals surface area contributed by atoms with Crippen molar-refractivity contribution in [2.75, 3.05) is 26.6 Å². The molecule has 120 valence electrons. The summed E-state index contributed by atoms with van der Waals surface area (Å²) in [5, 5.41) is 0. The van der Waals surface area contributed by atoms with Crippen LogP contribution in [0.4, 0.5) is 0 Å². The van der Waals surface area contributed by atoms with Crippen LogP contribution >= 0.6 is 10.7 Å². The molecule has 0 saturated heterocycles. The van der Waals surface area contributed by atoms with E-state index in [2.05, 4.69) is 0 Å². The van der Waals surface area contributed by atoms with Gasteiger partial charge in [-0.25, -0.2) is 8.42 Å². The van der Waals surface area contributed by atoms with Crippen molar-refractivity contribution in [3.8, 4) is 17.2 Å². The topological polar surface area (TPSA) is 61.8 Å². The highest BCUT2D eigenvalue weighted by Gasteiger charge is 2.10. The van der Waals surface area contributed by atoms with Gasteiger partial charge in [0, 0.05) is 10.7 Å². The van der Waals surface area contributed by atoms with Gasteiger partial charge in [-0.15, -0.1) is 0 Å². The molecule has 7 heteroatoms. The summed E-state index contributed by atoms with van der Waals surface area (Å²) < 4.78 is 37.7. The SMILES string of the molecule is COc1cccc(OC)c1OCCCCCCS(=O)(=O)Cl. The second-order valence-corrected chi connectivity index (χ2v) is 7.39. The van der Waals surface area contributed by atoms with Gasteiger partial charge in [-0.2, -0.15) is 0 Å². The van der Waals surface area contributed by atoms with E-state index in [1.807, 2.05) is 18.2 Å². The first-order chi connectivity index (χ1) is 9.98. The molecule has 0 unspecified atom stereocenters. The summed E-state index contributed by atoms with van der Waals surface area (Å²) in [6.07, 6.45) is 3.08. The maximum absolute atomic E-state index is 10.8. The summed E-state index contributed by atoms with van der Waals surface area (Å²) in [6, 6.07) is 5.45. The summed E-state index contributed by atoms with van der Waals surface area (Å²) >= 11 is 0. The van der Waals surface area contributed by atoms with Crippen LogP contribution < -0.4 is 14.2 Å². The molecule has 0 heterocycles. The van der Waals surface area contributed by atoms with Crippen LogP contribution in [-0.2, 0) is 9.05 Å². The lowest BCUT2D eigenvalue weighted by Crippen LogP contribution is -2.02. The Kier molecular flexibility index (Phi) is 7.67. The predicted octanol–water partition coefficient (Wildman–Crippen LogP) is 3.21. The van der Waals surface area contributed by atoms with E-state index >= 15 is 0 Å². The van der Waals surface area contributed by atoms with E-state index in [0.29, 0.717) is 30.3 Å². The van der Waals surface area contributed by atoms with E-state index < -0.39 is 9.05 Å². The number of hydrogen-bond donors (Lipinski definition) is 0. The monoisotopic (exact) mass is 336 g/mol. The van der Waals surface area contributed by atoms with Crippen LogP contribution in [0.15, 0.2) is 18.2 Å². The zero-order valence-corrected chi connectivity index (χ0v) is 13.9. The average Bonchev–Trinajstić information content (AvgIpc) is 2.44. The second-order valence-electron chi connectivity index (χ2n) is 4.50. The molecule has 0 bridgehead atoms. The van der Waals surface area contributed by atoms with Crippen LogP contribution in [0.3, 0.4) is 0 Å². The Hall–Kier alpha value is -1.14. The standard InChI is InChI=1S/C14H21ClO5S/c1-18-12-8-7-9-13(19-2)14(12)20-10-5-3-4-6-11-21(15,16)17/h7-9H,3-6,10-11H2,1-2H3. The summed E-state index contributed by atoms with van der Waals surface area (Å²) in [5.74, 6) is 1.87. The third-order valence-corrected chi connectivity index (χ3v) is 4.15. The molecule has 0 aliphatic heterocycles. The summed E-state index contributed by atoms with van der Waals surface area (Å²) in [6.45, 7) is 0.518. The number of benzene rings is 1. The fourth-order valence-electron chi connectivity index (χ4n) is 1.86. The molecule has 5 nitrogen and oxygen atoms in total. The number of hydrogen-bond acceptors (Lipinski definition) is 5. The lowest BCUT2D eigenvalue weighted by molar-refractivity contribution is 0.267. The Balaban J connectivity index is 2.33. The fraction of sp³-hybridized carbons (Fsp3) is 0.571. The molecule has 0 fully saturated rings. The molecule has 0 spiro atoms. The summed E-state index contributed by atoms with van der Waals surface area (Å²) in [7, 11) is 4.93. The molecular formula is C14H21ClO5S. The zero-order valence-electron chi connectivity index (χ0n) is 12.3. The highest BCUT2D eigenvalue weighted by atomic mass is 35.7. The highest BCUT2D eigenvalue weighted by Crippen LogP contribution is 2.36. The second kappa shape index (κ2) is 9.00. The van der Waals surface area contributed by atoms with Crippen molar-refractivity contribution in [2.24, 2.45) is 0 Å². The van der Waals surface area contributed by atoms with Crippen LogP contribution in [-0.4, -0.2) is 35.0 Å². The van der Waals surface area contributed by atoms with Crippen molar-refractivity contribution in [1.82, 2.24) is 0 Å². The molecule has 1 aromatic rings. The first-order valence-electron chi connectivity index (χ1n) is 6.74. The van der Waals surface area contributed by atoms with E-state index in [4.69, 9.17) is 24.9 Å². The Morgan fingerprint density at radius 2 is 1.57 bits per heavy atom. The van der Waals surface area contributed by atoms with E-state index in [9.17, 15) is 8.42 Å². The smallest absolute Gasteiger partial charge is 0.232 e. The van der Waals surface area contributed by atoms with Crippen molar-refractivity contribution in [1.29, 1.82) is 0 Å². The number of methoxy groups -OCH3 is 2. The number of para-hydroxylation sites is 1. The summed E-state index contributed by atoms with van der Waals surface area (Å²) in [5.41, 5.74) is 0. The van der Waals surface area contributed by atoms with Crippen LogP contribution in [0.1, 0.15) is 25.7 Å². The molecule has 0 aliphatic carbocycles. The fourth-order valence-corrected chi connectivity index (χ4v) is 2.74. The molecule has 1 aromatic carbocycles. The molecule has 0 atom stereocenters. The third kappa shape index (κ3) is 6.91. The minimum absolute atomic E-state index is 0.0236. The first kappa shape index (κ1) is 17.9. The van der Waals surface area contributed by atoms with Crippen LogP contribution in [0.2, 0.25) is 0 Å². The summed E-state index contributed by atoms with van der Waals surface area (Å²) in [4.78, 5) is 0. The number of halogens is 1. The maximum atomic E-state index is 10.8. The van der Waals surface area contributed by atoms with Gasteiger partial charge < -0.3 is 14.2 Å². The predicted molar refractivity (Wildman–Crippen MR) is 83.1 cm³/mol. The number of rotatable bonds is 10. The molecule has 0 aromatic heterocycles. The zero-order chi connectivity index (χ0) is 15.7. The normalized spacial score (nSPS) is 11.2. The van der Waals surface area contributed by atoms with E-state index in [1.165, 1.54) is 0 Å². The van der Waals surface area contributed by atoms with Gasteiger partial charge in [0.2, 0.25) is 14.8 Å². The van der Waals surface area contributed by atoms with Gasteiger partial charge in [-0.1, -0.05) is 18.9 Å². The molecule has 21 heavy (non-hydrogen) atoms. The Morgan fingerprint density at radius 1 is 1.00 bits per heavy atom. The van der Waals surface area contributed by atoms with Crippen molar-refractivity contribution < 1.29 is 22.6 Å². The molecule has 0 aliphatic rings. The van der Waals surface area contributed by atoms with Gasteiger partial charge in [-0.3, -0.25) is 0 Å².